The van der Waals surface area contributed by atoms with Crippen molar-refractivity contribution in [3.05, 3.63) is 41.5 Å². The standard InChI is InChI=1S/C14H18NO7P/c15-11(13(18)19)7-8-23(21,22)14(20)10-4-1-9(2-5-10)3-6-12(16)17/h1-6,11,14,20H,7-8,15H2,(H,16,17)(H,18,19)(H,21,22)/b6-3+/t11-,14?/m1/s1. The molecular weight excluding hydrogens is 325 g/mol. The minimum absolute atomic E-state index is 0.173. The number of aliphatic hydroxyl groups is 1. The van der Waals surface area contributed by atoms with E-state index in [1.54, 1.807) is 0 Å². The molecule has 0 bridgehead atoms. The molecule has 0 fully saturated rings. The number of aliphatic carboxylic acids is 2. The first kappa shape index (κ1) is 19.1. The Morgan fingerprint density at radius 1 is 1.22 bits per heavy atom. The Balaban J connectivity index is 2.79. The molecule has 2 unspecified atom stereocenters. The highest BCUT2D eigenvalue weighted by atomic mass is 31.2. The maximum atomic E-state index is 12.1. The van der Waals surface area contributed by atoms with Crippen molar-refractivity contribution in [2.45, 2.75) is 18.3 Å². The van der Waals surface area contributed by atoms with Gasteiger partial charge in [0.1, 0.15) is 6.04 Å². The average molecular weight is 343 g/mol. The molecule has 1 rings (SSSR count). The number of aliphatic hydroxyl groups excluding tert-OH is 1. The molecule has 0 heterocycles. The average Bonchev–Trinajstić information content (AvgIpc) is 2.50. The summed E-state index contributed by atoms with van der Waals surface area (Å²) in [7, 11) is -4.05. The minimum Gasteiger partial charge on any atom is -0.480 e. The van der Waals surface area contributed by atoms with Gasteiger partial charge in [0.25, 0.3) is 0 Å². The number of nitrogens with two attached hydrogens (primary N) is 1. The predicted octanol–water partition coefficient (Wildman–Crippen LogP) is 0.848. The molecule has 6 N–H and O–H groups in total. The zero-order chi connectivity index (χ0) is 17.6. The second-order valence-corrected chi connectivity index (χ2v) is 7.37. The van der Waals surface area contributed by atoms with E-state index in [0.717, 1.165) is 6.08 Å². The van der Waals surface area contributed by atoms with Crippen LogP contribution in [-0.4, -0.2) is 44.4 Å². The largest absolute Gasteiger partial charge is 0.480 e. The summed E-state index contributed by atoms with van der Waals surface area (Å²) in [5, 5.41) is 27.2. The van der Waals surface area contributed by atoms with Gasteiger partial charge in [-0.2, -0.15) is 0 Å². The monoisotopic (exact) mass is 343 g/mol. The highest BCUT2D eigenvalue weighted by Gasteiger charge is 2.31. The fourth-order valence-electron chi connectivity index (χ4n) is 1.75. The molecule has 1 aromatic carbocycles. The van der Waals surface area contributed by atoms with Crippen LogP contribution in [0.1, 0.15) is 23.4 Å². The van der Waals surface area contributed by atoms with Crippen molar-refractivity contribution in [3.8, 4) is 0 Å². The van der Waals surface area contributed by atoms with E-state index in [2.05, 4.69) is 0 Å². The summed E-state index contributed by atoms with van der Waals surface area (Å²) in [5.74, 6) is -4.06. The van der Waals surface area contributed by atoms with Crippen molar-refractivity contribution < 1.29 is 34.4 Å². The van der Waals surface area contributed by atoms with E-state index >= 15 is 0 Å². The SMILES string of the molecule is N[C@H](CCP(=O)(O)C(O)c1ccc(/C=C/C(=O)O)cc1)C(=O)O. The third-order valence-corrected chi connectivity index (χ3v) is 5.07. The number of carbonyl (C=O) groups is 2. The second kappa shape index (κ2) is 8.03. The van der Waals surface area contributed by atoms with E-state index in [4.69, 9.17) is 15.9 Å². The van der Waals surface area contributed by atoms with Crippen LogP contribution in [0.4, 0.5) is 0 Å². The molecule has 0 aliphatic rings. The summed E-state index contributed by atoms with van der Waals surface area (Å²) in [4.78, 5) is 30.9. The van der Waals surface area contributed by atoms with Gasteiger partial charge < -0.3 is 25.9 Å². The summed E-state index contributed by atoms with van der Waals surface area (Å²) < 4.78 is 12.1. The molecule has 0 saturated heterocycles. The molecule has 0 aliphatic heterocycles. The normalized spacial score (nSPS) is 16.7. The third kappa shape index (κ3) is 5.96. The van der Waals surface area contributed by atoms with Gasteiger partial charge in [0.2, 0.25) is 7.37 Å². The van der Waals surface area contributed by atoms with Gasteiger partial charge in [-0.25, -0.2) is 4.79 Å². The van der Waals surface area contributed by atoms with Crippen LogP contribution in [0.15, 0.2) is 30.3 Å². The van der Waals surface area contributed by atoms with Crippen LogP contribution in [0.5, 0.6) is 0 Å². The predicted molar refractivity (Wildman–Crippen MR) is 83.0 cm³/mol. The molecule has 126 valence electrons. The lowest BCUT2D eigenvalue weighted by atomic mass is 10.1. The zero-order valence-electron chi connectivity index (χ0n) is 12.1. The molecule has 0 radical (unpaired) electrons. The third-order valence-electron chi connectivity index (χ3n) is 3.11. The van der Waals surface area contributed by atoms with E-state index in [9.17, 15) is 24.2 Å². The molecule has 23 heavy (non-hydrogen) atoms. The van der Waals surface area contributed by atoms with Crippen molar-refractivity contribution in [3.63, 3.8) is 0 Å². The van der Waals surface area contributed by atoms with Crippen LogP contribution >= 0.6 is 7.37 Å². The Kier molecular flexibility index (Phi) is 6.65. The highest BCUT2D eigenvalue weighted by molar-refractivity contribution is 7.58. The number of hydrogen-bond donors (Lipinski definition) is 5. The van der Waals surface area contributed by atoms with Crippen molar-refractivity contribution in [2.24, 2.45) is 5.73 Å². The smallest absolute Gasteiger partial charge is 0.328 e. The maximum absolute atomic E-state index is 12.1. The Hall–Kier alpha value is -1.99. The fraction of sp³-hybridized carbons (Fsp3) is 0.286. The van der Waals surface area contributed by atoms with Crippen molar-refractivity contribution in [1.29, 1.82) is 0 Å². The van der Waals surface area contributed by atoms with Gasteiger partial charge in [-0.3, -0.25) is 9.36 Å². The number of rotatable bonds is 8. The molecule has 1 aromatic rings. The summed E-state index contributed by atoms with van der Waals surface area (Å²) in [6, 6.07) is 4.49. The maximum Gasteiger partial charge on any atom is 0.328 e. The molecule has 0 saturated carbocycles. The van der Waals surface area contributed by atoms with E-state index in [-0.39, 0.29) is 12.0 Å². The molecule has 8 nitrogen and oxygen atoms in total. The number of benzene rings is 1. The van der Waals surface area contributed by atoms with Gasteiger partial charge in [-0.05, 0) is 23.6 Å². The van der Waals surface area contributed by atoms with E-state index < -0.39 is 37.4 Å². The zero-order valence-corrected chi connectivity index (χ0v) is 13.0. The van der Waals surface area contributed by atoms with Gasteiger partial charge in [-0.15, -0.1) is 0 Å². The van der Waals surface area contributed by atoms with Crippen molar-refractivity contribution in [2.75, 3.05) is 6.16 Å². The van der Waals surface area contributed by atoms with Gasteiger partial charge in [0.05, 0.1) is 0 Å². The van der Waals surface area contributed by atoms with Gasteiger partial charge in [0, 0.05) is 12.2 Å². The summed E-state index contributed by atoms with van der Waals surface area (Å²) in [5.41, 5.74) is 5.99. The van der Waals surface area contributed by atoms with Crippen molar-refractivity contribution >= 4 is 25.4 Å². The van der Waals surface area contributed by atoms with E-state index in [0.29, 0.717) is 5.56 Å². The molecule has 0 amide bonds. The van der Waals surface area contributed by atoms with E-state index in [1.165, 1.54) is 30.3 Å². The lowest BCUT2D eigenvalue weighted by molar-refractivity contribution is -0.138. The lowest BCUT2D eigenvalue weighted by Crippen LogP contribution is -2.31. The second-order valence-electron chi connectivity index (χ2n) is 4.92. The molecule has 3 atom stereocenters. The van der Waals surface area contributed by atoms with Gasteiger partial charge in [0.15, 0.2) is 5.85 Å². The van der Waals surface area contributed by atoms with E-state index in [1.807, 2.05) is 0 Å². The van der Waals surface area contributed by atoms with Crippen LogP contribution in [0.25, 0.3) is 6.08 Å². The van der Waals surface area contributed by atoms with Crippen LogP contribution in [0.3, 0.4) is 0 Å². The van der Waals surface area contributed by atoms with Gasteiger partial charge >= 0.3 is 11.9 Å². The summed E-state index contributed by atoms with van der Waals surface area (Å²) >= 11 is 0. The number of hydrogen-bond acceptors (Lipinski definition) is 5. The molecule has 0 aliphatic carbocycles. The first-order chi connectivity index (χ1) is 10.6. The Bertz CT molecular complexity index is 641. The minimum atomic E-state index is -4.05. The topological polar surface area (TPSA) is 158 Å². The van der Waals surface area contributed by atoms with Crippen molar-refractivity contribution in [1.82, 2.24) is 0 Å². The molecule has 9 heteroatoms. The molecular formula is C14H18NO7P. The Morgan fingerprint density at radius 3 is 2.26 bits per heavy atom. The lowest BCUT2D eigenvalue weighted by Gasteiger charge is -2.19. The van der Waals surface area contributed by atoms with Gasteiger partial charge in [-0.1, -0.05) is 24.3 Å². The van der Waals surface area contributed by atoms with Crippen LogP contribution in [0, 0.1) is 0 Å². The number of carboxylic acid groups (broad SMARTS) is 2. The fourth-order valence-corrected chi connectivity index (χ4v) is 3.28. The summed E-state index contributed by atoms with van der Waals surface area (Å²) in [6.07, 6.45) is 1.61. The highest BCUT2D eigenvalue weighted by Crippen LogP contribution is 2.54. The molecule has 0 spiro atoms. The molecule has 0 aromatic heterocycles. The van der Waals surface area contributed by atoms with Crippen LogP contribution < -0.4 is 5.73 Å². The Morgan fingerprint density at radius 2 is 1.78 bits per heavy atom. The van der Waals surface area contributed by atoms with Crippen LogP contribution in [-0.2, 0) is 14.2 Å². The first-order valence-corrected chi connectivity index (χ1v) is 8.54. The quantitative estimate of drug-likeness (QED) is 0.343. The first-order valence-electron chi connectivity index (χ1n) is 6.62. The summed E-state index contributed by atoms with van der Waals surface area (Å²) in [6.45, 7) is 0. The Labute approximate surface area is 132 Å². The van der Waals surface area contributed by atoms with Crippen LogP contribution in [0.2, 0.25) is 0 Å². The number of carboxylic acids is 2.